The molecule has 0 spiro atoms. The van der Waals surface area contributed by atoms with Gasteiger partial charge in [0.1, 0.15) is 5.75 Å². The number of halogens is 1. The van der Waals surface area contributed by atoms with Gasteiger partial charge in [-0.3, -0.25) is 0 Å². The van der Waals surface area contributed by atoms with Crippen LogP contribution in [0.4, 0.5) is 0 Å². The molecule has 1 unspecified atom stereocenters. The molecular formula is C19H25BrO. The molecular weight excluding hydrogens is 324 g/mol. The van der Waals surface area contributed by atoms with Crippen LogP contribution in [0.1, 0.15) is 37.7 Å². The second kappa shape index (κ2) is 5.61. The summed E-state index contributed by atoms with van der Waals surface area (Å²) in [6.45, 7) is 0. The van der Waals surface area contributed by atoms with Crippen molar-refractivity contribution >= 4 is 15.9 Å². The van der Waals surface area contributed by atoms with E-state index in [1.165, 1.54) is 31.2 Å². The highest BCUT2D eigenvalue weighted by molar-refractivity contribution is 9.09. The average Bonchev–Trinajstić information content (AvgIpc) is 2.46. The first-order chi connectivity index (χ1) is 10.2. The van der Waals surface area contributed by atoms with Crippen LogP contribution in [0.25, 0.3) is 0 Å². The van der Waals surface area contributed by atoms with Gasteiger partial charge >= 0.3 is 0 Å². The molecule has 0 saturated heterocycles. The fourth-order valence-corrected chi connectivity index (χ4v) is 6.99. The molecule has 4 bridgehead atoms. The molecule has 4 saturated carbocycles. The maximum Gasteiger partial charge on any atom is 0.122 e. The maximum absolute atomic E-state index is 5.53. The Hall–Kier alpha value is -0.500. The summed E-state index contributed by atoms with van der Waals surface area (Å²) in [7, 11) is 1.78. The predicted octanol–water partition coefficient (Wildman–Crippen LogP) is 5.07. The van der Waals surface area contributed by atoms with E-state index in [1.54, 1.807) is 13.5 Å². The van der Waals surface area contributed by atoms with Crippen LogP contribution in [0, 0.1) is 29.6 Å². The van der Waals surface area contributed by atoms with E-state index in [-0.39, 0.29) is 0 Å². The van der Waals surface area contributed by atoms with Gasteiger partial charge in [-0.25, -0.2) is 0 Å². The number of methoxy groups -OCH3 is 1. The molecule has 0 aliphatic heterocycles. The minimum absolute atomic E-state index is 0.615. The Kier molecular flexibility index (Phi) is 3.77. The second-order valence-electron chi connectivity index (χ2n) is 7.54. The number of hydrogen-bond donors (Lipinski definition) is 0. The lowest BCUT2D eigenvalue weighted by molar-refractivity contribution is -0.0360. The first kappa shape index (κ1) is 14.1. The van der Waals surface area contributed by atoms with Crippen molar-refractivity contribution in [2.24, 2.45) is 29.6 Å². The lowest BCUT2D eigenvalue weighted by Gasteiger charge is -2.55. The number of ether oxygens (including phenoxy) is 1. The Morgan fingerprint density at radius 3 is 2.29 bits per heavy atom. The quantitative estimate of drug-likeness (QED) is 0.690. The summed E-state index contributed by atoms with van der Waals surface area (Å²) in [5.74, 6) is 6.04. The van der Waals surface area contributed by atoms with Gasteiger partial charge in [0.25, 0.3) is 0 Å². The van der Waals surface area contributed by atoms with Gasteiger partial charge < -0.3 is 4.74 Å². The van der Waals surface area contributed by atoms with Crippen LogP contribution in [0.15, 0.2) is 24.3 Å². The summed E-state index contributed by atoms with van der Waals surface area (Å²) in [6, 6.07) is 8.51. The zero-order valence-electron chi connectivity index (χ0n) is 12.8. The molecule has 0 N–H and O–H groups in total. The van der Waals surface area contributed by atoms with Crippen LogP contribution < -0.4 is 4.74 Å². The standard InChI is InChI=1S/C19H25BrO/c1-21-18-5-3-2-4-14(18)11-17(20)19-15-7-12-6-13(9-15)10-16(19)8-12/h2-5,12-13,15-17,19H,6-11H2,1H3. The normalized spacial score (nSPS) is 38.5. The van der Waals surface area contributed by atoms with Gasteiger partial charge in [-0.1, -0.05) is 34.1 Å². The SMILES string of the molecule is COc1ccccc1CC(Br)C1C2CC3CC(C2)CC1C3. The van der Waals surface area contributed by atoms with E-state index in [0.29, 0.717) is 4.83 Å². The van der Waals surface area contributed by atoms with E-state index in [9.17, 15) is 0 Å². The van der Waals surface area contributed by atoms with Gasteiger partial charge in [-0.2, -0.15) is 0 Å². The molecule has 0 radical (unpaired) electrons. The molecule has 1 atom stereocenters. The third kappa shape index (κ3) is 2.54. The molecule has 114 valence electrons. The fraction of sp³-hybridized carbons (Fsp3) is 0.684. The molecule has 1 aromatic rings. The minimum atomic E-state index is 0.615. The Labute approximate surface area is 136 Å². The summed E-state index contributed by atoms with van der Waals surface area (Å²) in [5, 5.41) is 0. The number of benzene rings is 1. The van der Waals surface area contributed by atoms with Crippen LogP contribution >= 0.6 is 15.9 Å². The summed E-state index contributed by atoms with van der Waals surface area (Å²) in [6.07, 6.45) is 8.67. The van der Waals surface area contributed by atoms with Gasteiger partial charge in [-0.05, 0) is 79.7 Å². The van der Waals surface area contributed by atoms with Crippen molar-refractivity contribution < 1.29 is 4.74 Å². The number of rotatable bonds is 4. The predicted molar refractivity (Wildman–Crippen MR) is 89.9 cm³/mol. The highest BCUT2D eigenvalue weighted by Gasteiger charge is 2.49. The molecule has 1 aromatic carbocycles. The molecule has 0 amide bonds. The average molecular weight is 349 g/mol. The Bertz CT molecular complexity index is 484. The van der Waals surface area contributed by atoms with Crippen LogP contribution in [0.3, 0.4) is 0 Å². The zero-order valence-corrected chi connectivity index (χ0v) is 14.4. The summed E-state index contributed by atoms with van der Waals surface area (Å²) < 4.78 is 5.53. The first-order valence-corrected chi connectivity index (χ1v) is 9.42. The lowest BCUT2D eigenvalue weighted by Crippen LogP contribution is -2.48. The molecule has 2 heteroatoms. The molecule has 4 fully saturated rings. The Morgan fingerprint density at radius 2 is 1.67 bits per heavy atom. The van der Waals surface area contributed by atoms with E-state index in [1.807, 2.05) is 0 Å². The number of para-hydroxylation sites is 1. The summed E-state index contributed by atoms with van der Waals surface area (Å²) in [4.78, 5) is 0.615. The summed E-state index contributed by atoms with van der Waals surface area (Å²) in [5.41, 5.74) is 1.36. The topological polar surface area (TPSA) is 9.23 Å². The van der Waals surface area contributed by atoms with Gasteiger partial charge in [0.2, 0.25) is 0 Å². The van der Waals surface area contributed by atoms with E-state index >= 15 is 0 Å². The van der Waals surface area contributed by atoms with Crippen LogP contribution in [-0.2, 0) is 6.42 Å². The largest absolute Gasteiger partial charge is 0.496 e. The van der Waals surface area contributed by atoms with Crippen LogP contribution in [-0.4, -0.2) is 11.9 Å². The lowest BCUT2D eigenvalue weighted by atomic mass is 9.51. The molecule has 0 heterocycles. The minimum Gasteiger partial charge on any atom is -0.496 e. The first-order valence-electron chi connectivity index (χ1n) is 8.50. The van der Waals surface area contributed by atoms with E-state index in [2.05, 4.69) is 40.2 Å². The van der Waals surface area contributed by atoms with Gasteiger partial charge in [0.15, 0.2) is 0 Å². The van der Waals surface area contributed by atoms with Crippen LogP contribution in [0.5, 0.6) is 5.75 Å². The smallest absolute Gasteiger partial charge is 0.122 e. The molecule has 1 nitrogen and oxygen atoms in total. The molecule has 21 heavy (non-hydrogen) atoms. The Morgan fingerprint density at radius 1 is 1.05 bits per heavy atom. The van der Waals surface area contributed by atoms with Gasteiger partial charge in [0.05, 0.1) is 7.11 Å². The van der Waals surface area contributed by atoms with Gasteiger partial charge in [-0.15, -0.1) is 0 Å². The van der Waals surface area contributed by atoms with E-state index in [4.69, 9.17) is 4.74 Å². The van der Waals surface area contributed by atoms with Crippen molar-refractivity contribution in [1.29, 1.82) is 0 Å². The molecule has 4 aliphatic rings. The van der Waals surface area contributed by atoms with Crippen molar-refractivity contribution in [3.05, 3.63) is 29.8 Å². The number of hydrogen-bond acceptors (Lipinski definition) is 1. The third-order valence-corrected chi connectivity index (χ3v) is 7.26. The molecule has 4 aliphatic carbocycles. The van der Waals surface area contributed by atoms with Crippen molar-refractivity contribution in [1.82, 2.24) is 0 Å². The van der Waals surface area contributed by atoms with Crippen molar-refractivity contribution in [3.8, 4) is 5.75 Å². The van der Waals surface area contributed by atoms with E-state index < -0.39 is 0 Å². The zero-order chi connectivity index (χ0) is 14.4. The molecule has 0 aromatic heterocycles. The highest BCUT2D eigenvalue weighted by Crippen LogP contribution is 2.58. The van der Waals surface area contributed by atoms with Crippen molar-refractivity contribution in [2.45, 2.75) is 43.4 Å². The van der Waals surface area contributed by atoms with Gasteiger partial charge in [0, 0.05) is 4.83 Å². The third-order valence-electron chi connectivity index (χ3n) is 6.32. The van der Waals surface area contributed by atoms with Crippen LogP contribution in [0.2, 0.25) is 0 Å². The highest BCUT2D eigenvalue weighted by atomic mass is 79.9. The molecule has 5 rings (SSSR count). The number of alkyl halides is 1. The Balaban J connectivity index is 1.51. The van der Waals surface area contributed by atoms with E-state index in [0.717, 1.165) is 41.8 Å². The van der Waals surface area contributed by atoms with Crippen molar-refractivity contribution in [2.75, 3.05) is 7.11 Å². The second-order valence-corrected chi connectivity index (χ2v) is 8.72. The summed E-state index contributed by atoms with van der Waals surface area (Å²) >= 11 is 4.07. The maximum atomic E-state index is 5.53. The fourth-order valence-electron chi connectivity index (χ4n) is 5.78. The monoisotopic (exact) mass is 348 g/mol. The van der Waals surface area contributed by atoms with Crippen molar-refractivity contribution in [3.63, 3.8) is 0 Å².